The molecule has 5 heterocycles. The quantitative estimate of drug-likeness (QED) is 0.777. The molecule has 29 heavy (non-hydrogen) atoms. The number of piperidine rings is 1. The Balaban J connectivity index is 1.38. The Bertz CT molecular complexity index is 999. The molecule has 0 N–H and O–H groups in total. The van der Waals surface area contributed by atoms with E-state index in [0.717, 1.165) is 37.3 Å². The minimum absolute atomic E-state index is 0.0313. The van der Waals surface area contributed by atoms with E-state index in [2.05, 4.69) is 16.0 Å². The van der Waals surface area contributed by atoms with Crippen LogP contribution in [0, 0.1) is 5.92 Å². The zero-order valence-corrected chi connectivity index (χ0v) is 17.1. The van der Waals surface area contributed by atoms with Gasteiger partial charge in [0, 0.05) is 55.7 Å². The molecule has 0 aliphatic carbocycles. The lowest BCUT2D eigenvalue weighted by Gasteiger charge is -2.43. The lowest BCUT2D eigenvalue weighted by Crippen LogP contribution is -2.49. The molecule has 2 aromatic heterocycles. The number of aromatic nitrogens is 2. The van der Waals surface area contributed by atoms with Crippen LogP contribution in [-0.4, -0.2) is 51.4 Å². The molecule has 3 aliphatic heterocycles. The predicted octanol–water partition coefficient (Wildman–Crippen LogP) is 2.75. The lowest BCUT2D eigenvalue weighted by atomic mass is 9.82. The summed E-state index contributed by atoms with van der Waals surface area (Å²) in [5, 5.41) is 0.468. The van der Waals surface area contributed by atoms with Gasteiger partial charge in [-0.15, -0.1) is 0 Å². The molecule has 0 spiro atoms. The van der Waals surface area contributed by atoms with E-state index in [4.69, 9.17) is 11.6 Å². The molecule has 3 aliphatic rings. The maximum atomic E-state index is 13.1. The minimum Gasteiger partial charge on any atom is -0.338 e. The Hall–Kier alpha value is -2.18. The maximum absolute atomic E-state index is 13.1. The summed E-state index contributed by atoms with van der Waals surface area (Å²) in [6.45, 7) is 4.91. The zero-order chi connectivity index (χ0) is 20.0. The second-order valence-electron chi connectivity index (χ2n) is 8.58. The summed E-state index contributed by atoms with van der Waals surface area (Å²) >= 11 is 6.01. The van der Waals surface area contributed by atoms with Crippen molar-refractivity contribution in [2.45, 2.75) is 38.3 Å². The summed E-state index contributed by atoms with van der Waals surface area (Å²) in [6.07, 6.45) is 6.58. The fourth-order valence-electron chi connectivity index (χ4n) is 5.17. The predicted molar refractivity (Wildman–Crippen MR) is 111 cm³/mol. The van der Waals surface area contributed by atoms with E-state index in [1.807, 2.05) is 15.5 Å². The fraction of sp³-hybridized carbons (Fsp3) is 0.500. The second-order valence-corrected chi connectivity index (χ2v) is 9.02. The van der Waals surface area contributed by atoms with Crippen LogP contribution in [0.5, 0.6) is 0 Å². The van der Waals surface area contributed by atoms with E-state index in [-0.39, 0.29) is 17.4 Å². The number of rotatable bonds is 3. The molecule has 2 bridgehead atoms. The fourth-order valence-corrected chi connectivity index (χ4v) is 5.34. The van der Waals surface area contributed by atoms with Gasteiger partial charge in [-0.3, -0.25) is 19.5 Å². The van der Waals surface area contributed by atoms with Gasteiger partial charge in [0.15, 0.2) is 0 Å². The molecule has 1 amide bonds. The molecule has 0 aromatic carbocycles. The van der Waals surface area contributed by atoms with Crippen LogP contribution in [0.25, 0.3) is 0 Å². The monoisotopic (exact) mass is 412 g/mol. The summed E-state index contributed by atoms with van der Waals surface area (Å²) in [5.74, 6) is 0.473. The highest BCUT2D eigenvalue weighted by Crippen LogP contribution is 2.35. The highest BCUT2D eigenvalue weighted by molar-refractivity contribution is 6.30. The van der Waals surface area contributed by atoms with Gasteiger partial charge in [-0.2, -0.15) is 0 Å². The number of carbonyl (C=O) groups is 1. The number of amides is 1. The Morgan fingerprint density at radius 2 is 1.97 bits per heavy atom. The van der Waals surface area contributed by atoms with Crippen molar-refractivity contribution < 1.29 is 4.79 Å². The van der Waals surface area contributed by atoms with Gasteiger partial charge in [0.05, 0.1) is 10.6 Å². The van der Waals surface area contributed by atoms with E-state index in [1.165, 1.54) is 19.0 Å². The van der Waals surface area contributed by atoms with Crippen LogP contribution in [0.3, 0.4) is 0 Å². The number of likely N-dealkylation sites (tertiary alicyclic amines) is 2. The Morgan fingerprint density at radius 3 is 2.76 bits per heavy atom. The zero-order valence-electron chi connectivity index (χ0n) is 16.4. The molecular weight excluding hydrogens is 388 g/mol. The standard InChI is InChI=1S/C22H25ClN4O2/c23-19-8-17(9-24-10-19)21(28)26-11-15-7-18(14-26)20-4-3-16(22(29)27(20)12-15)13-25-5-1-2-6-25/h3-4,8-10,15,18H,1-2,5-7,11-14H2/t15-,18+/m0/s1. The molecule has 2 saturated heterocycles. The average Bonchev–Trinajstić information content (AvgIpc) is 3.23. The molecule has 0 unspecified atom stereocenters. The number of nitrogens with zero attached hydrogens (tertiary/aromatic N) is 4. The van der Waals surface area contributed by atoms with Gasteiger partial charge in [0.25, 0.3) is 11.5 Å². The first-order valence-corrected chi connectivity index (χ1v) is 10.8. The van der Waals surface area contributed by atoms with E-state index >= 15 is 0 Å². The molecule has 2 fully saturated rings. The van der Waals surface area contributed by atoms with Gasteiger partial charge in [-0.1, -0.05) is 17.7 Å². The van der Waals surface area contributed by atoms with Crippen LogP contribution in [0.4, 0.5) is 0 Å². The first kappa shape index (κ1) is 18.8. The third kappa shape index (κ3) is 3.60. The van der Waals surface area contributed by atoms with E-state index < -0.39 is 0 Å². The van der Waals surface area contributed by atoms with Crippen LogP contribution in [0.2, 0.25) is 5.02 Å². The van der Waals surface area contributed by atoms with Gasteiger partial charge in [0.2, 0.25) is 0 Å². The molecule has 2 atom stereocenters. The SMILES string of the molecule is O=C(c1cncc(Cl)c1)N1C[C@@H]2C[C@H](C1)c1ccc(CN3CCCC3)c(=O)n1C2. The van der Waals surface area contributed by atoms with Crippen molar-refractivity contribution in [3.63, 3.8) is 0 Å². The first-order valence-electron chi connectivity index (χ1n) is 10.4. The normalized spacial score (nSPS) is 23.8. The number of hydrogen-bond acceptors (Lipinski definition) is 4. The number of halogens is 1. The topological polar surface area (TPSA) is 58.4 Å². The van der Waals surface area contributed by atoms with Crippen LogP contribution in [0.1, 0.15) is 46.8 Å². The average molecular weight is 413 g/mol. The van der Waals surface area contributed by atoms with Crippen molar-refractivity contribution >= 4 is 17.5 Å². The summed E-state index contributed by atoms with van der Waals surface area (Å²) in [7, 11) is 0. The van der Waals surface area contributed by atoms with Crippen LogP contribution >= 0.6 is 11.6 Å². The minimum atomic E-state index is -0.0313. The van der Waals surface area contributed by atoms with Crippen LogP contribution < -0.4 is 5.56 Å². The van der Waals surface area contributed by atoms with Gasteiger partial charge < -0.3 is 9.47 Å². The highest BCUT2D eigenvalue weighted by Gasteiger charge is 2.37. The largest absolute Gasteiger partial charge is 0.338 e. The number of carbonyl (C=O) groups excluding carboxylic acids is 1. The van der Waals surface area contributed by atoms with Crippen molar-refractivity contribution in [3.05, 3.63) is 62.8 Å². The van der Waals surface area contributed by atoms with Crippen molar-refractivity contribution in [1.82, 2.24) is 19.4 Å². The van der Waals surface area contributed by atoms with Crippen molar-refractivity contribution in [1.29, 1.82) is 0 Å². The van der Waals surface area contributed by atoms with Gasteiger partial charge >= 0.3 is 0 Å². The number of hydrogen-bond donors (Lipinski definition) is 0. The third-order valence-electron chi connectivity index (χ3n) is 6.51. The smallest absolute Gasteiger partial charge is 0.255 e. The molecule has 152 valence electrons. The lowest BCUT2D eigenvalue weighted by molar-refractivity contribution is 0.0593. The van der Waals surface area contributed by atoms with Crippen molar-refractivity contribution in [2.24, 2.45) is 5.92 Å². The Morgan fingerprint density at radius 1 is 1.14 bits per heavy atom. The van der Waals surface area contributed by atoms with Crippen LogP contribution in [-0.2, 0) is 13.1 Å². The summed E-state index contributed by atoms with van der Waals surface area (Å²) in [4.78, 5) is 34.4. The molecule has 6 nitrogen and oxygen atoms in total. The second kappa shape index (κ2) is 7.58. The van der Waals surface area contributed by atoms with Crippen molar-refractivity contribution in [2.75, 3.05) is 26.2 Å². The Kier molecular flexibility index (Phi) is 4.92. The maximum Gasteiger partial charge on any atom is 0.255 e. The van der Waals surface area contributed by atoms with E-state index in [9.17, 15) is 9.59 Å². The van der Waals surface area contributed by atoms with Crippen LogP contribution in [0.15, 0.2) is 35.4 Å². The van der Waals surface area contributed by atoms with Gasteiger partial charge in [-0.25, -0.2) is 0 Å². The molecule has 2 aromatic rings. The number of pyridine rings is 2. The molecule has 0 radical (unpaired) electrons. The molecule has 0 saturated carbocycles. The van der Waals surface area contributed by atoms with E-state index in [0.29, 0.717) is 36.1 Å². The summed E-state index contributed by atoms with van der Waals surface area (Å²) in [5.41, 5.74) is 2.64. The Labute approximate surface area is 175 Å². The van der Waals surface area contributed by atoms with Gasteiger partial charge in [0.1, 0.15) is 0 Å². The number of fused-ring (bicyclic) bond motifs is 4. The van der Waals surface area contributed by atoms with Crippen molar-refractivity contribution in [3.8, 4) is 0 Å². The molecule has 5 rings (SSSR count). The summed E-state index contributed by atoms with van der Waals surface area (Å²) in [6, 6.07) is 5.79. The van der Waals surface area contributed by atoms with E-state index in [1.54, 1.807) is 12.3 Å². The highest BCUT2D eigenvalue weighted by atomic mass is 35.5. The third-order valence-corrected chi connectivity index (χ3v) is 6.72. The first-order chi connectivity index (χ1) is 14.1. The summed E-state index contributed by atoms with van der Waals surface area (Å²) < 4.78 is 1.98. The molecular formula is C22H25ClN4O2. The van der Waals surface area contributed by atoms with Gasteiger partial charge in [-0.05, 0) is 50.4 Å². The molecule has 7 heteroatoms.